The van der Waals surface area contributed by atoms with Gasteiger partial charge in [-0.05, 0) is 42.2 Å². The summed E-state index contributed by atoms with van der Waals surface area (Å²) in [6, 6.07) is 12.0. The zero-order valence-electron chi connectivity index (χ0n) is 15.5. The van der Waals surface area contributed by atoms with E-state index in [0.29, 0.717) is 18.8 Å². The monoisotopic (exact) mass is 378 g/mol. The Labute approximate surface area is 163 Å². The molecule has 1 aliphatic carbocycles. The lowest BCUT2D eigenvalue weighted by molar-refractivity contribution is -0.127. The van der Waals surface area contributed by atoms with Gasteiger partial charge in [-0.3, -0.25) is 9.69 Å². The molecule has 2 amide bonds. The van der Waals surface area contributed by atoms with Gasteiger partial charge in [-0.25, -0.2) is 4.79 Å². The molecule has 2 atom stereocenters. The van der Waals surface area contributed by atoms with Crippen LogP contribution in [0.15, 0.2) is 53.2 Å². The largest absolute Gasteiger partial charge is 0.465 e. The van der Waals surface area contributed by atoms with Crippen molar-refractivity contribution in [3.8, 4) is 0 Å². The molecular formula is C22H22N2O4. The van der Waals surface area contributed by atoms with Gasteiger partial charge in [0.1, 0.15) is 11.9 Å². The highest BCUT2D eigenvalue weighted by Crippen LogP contribution is 2.44. The molecule has 0 radical (unpaired) electrons. The highest BCUT2D eigenvalue weighted by molar-refractivity contribution is 5.91. The normalized spacial score (nSPS) is 24.5. The summed E-state index contributed by atoms with van der Waals surface area (Å²) in [5.74, 6) is 0.636. The molecule has 2 aliphatic heterocycles. The third kappa shape index (κ3) is 2.89. The zero-order chi connectivity index (χ0) is 19.1. The highest BCUT2D eigenvalue weighted by atomic mass is 16.6. The van der Waals surface area contributed by atoms with Gasteiger partial charge in [0.15, 0.2) is 0 Å². The first-order valence-corrected chi connectivity index (χ1v) is 9.78. The maximum absolute atomic E-state index is 12.5. The third-order valence-electron chi connectivity index (χ3n) is 6.01. The SMILES string of the molecule is O=C(/C=C/c1ccco1)N1CCC(N2C(=O)O[C@@H]3Cc4ccccc4[C@@H]32)CC1. The lowest BCUT2D eigenvalue weighted by atomic mass is 9.99. The minimum Gasteiger partial charge on any atom is -0.465 e. The number of nitrogens with zero attached hydrogens (tertiary/aromatic N) is 2. The number of furan rings is 1. The topological polar surface area (TPSA) is 63.0 Å². The van der Waals surface area contributed by atoms with Crippen LogP contribution in [0.25, 0.3) is 6.08 Å². The van der Waals surface area contributed by atoms with Crippen molar-refractivity contribution in [2.75, 3.05) is 13.1 Å². The van der Waals surface area contributed by atoms with Crippen LogP contribution in [-0.4, -0.2) is 47.0 Å². The Morgan fingerprint density at radius 1 is 1.11 bits per heavy atom. The molecule has 6 heteroatoms. The summed E-state index contributed by atoms with van der Waals surface area (Å²) in [6.07, 6.45) is 6.84. The molecular weight excluding hydrogens is 356 g/mol. The van der Waals surface area contributed by atoms with Crippen LogP contribution in [0.2, 0.25) is 0 Å². The molecule has 28 heavy (non-hydrogen) atoms. The maximum Gasteiger partial charge on any atom is 0.411 e. The molecule has 3 aliphatic rings. The van der Waals surface area contributed by atoms with Crippen LogP contribution < -0.4 is 0 Å². The number of carbonyl (C=O) groups excluding carboxylic acids is 2. The van der Waals surface area contributed by atoms with Crippen molar-refractivity contribution in [2.24, 2.45) is 0 Å². The highest BCUT2D eigenvalue weighted by Gasteiger charge is 2.50. The summed E-state index contributed by atoms with van der Waals surface area (Å²) in [4.78, 5) is 28.7. The van der Waals surface area contributed by atoms with Gasteiger partial charge in [-0.1, -0.05) is 24.3 Å². The number of ether oxygens (including phenoxy) is 1. The number of rotatable bonds is 3. The van der Waals surface area contributed by atoms with E-state index >= 15 is 0 Å². The second-order valence-corrected chi connectivity index (χ2v) is 7.58. The predicted molar refractivity (Wildman–Crippen MR) is 102 cm³/mol. The van der Waals surface area contributed by atoms with Crippen molar-refractivity contribution >= 4 is 18.1 Å². The molecule has 144 valence electrons. The van der Waals surface area contributed by atoms with E-state index in [4.69, 9.17) is 9.15 Å². The number of hydrogen-bond acceptors (Lipinski definition) is 4. The number of hydrogen-bond donors (Lipinski definition) is 0. The summed E-state index contributed by atoms with van der Waals surface area (Å²) in [5.41, 5.74) is 2.48. The molecule has 0 spiro atoms. The van der Waals surface area contributed by atoms with Crippen LogP contribution in [0.4, 0.5) is 4.79 Å². The van der Waals surface area contributed by atoms with E-state index in [0.717, 1.165) is 19.3 Å². The molecule has 2 saturated heterocycles. The third-order valence-corrected chi connectivity index (χ3v) is 6.01. The van der Waals surface area contributed by atoms with Gasteiger partial charge >= 0.3 is 6.09 Å². The standard InChI is InChI=1S/C22H22N2O4/c25-20(8-7-17-5-3-13-27-17)23-11-9-16(10-12-23)24-21-18-6-2-1-4-15(18)14-19(21)28-22(24)26/h1-8,13,16,19,21H,9-12,14H2/b8-7+/t19-,21+/m1/s1. The quantitative estimate of drug-likeness (QED) is 0.768. The van der Waals surface area contributed by atoms with Gasteiger partial charge in [0.25, 0.3) is 0 Å². The minimum absolute atomic E-state index is 0.00907. The Kier molecular flexibility index (Phi) is 4.19. The van der Waals surface area contributed by atoms with E-state index in [9.17, 15) is 9.59 Å². The van der Waals surface area contributed by atoms with Crippen LogP contribution >= 0.6 is 0 Å². The summed E-state index contributed by atoms with van der Waals surface area (Å²) in [5, 5.41) is 0. The number of likely N-dealkylation sites (tertiary alicyclic amines) is 1. The summed E-state index contributed by atoms with van der Waals surface area (Å²) >= 11 is 0. The number of benzene rings is 1. The van der Waals surface area contributed by atoms with E-state index in [1.165, 1.54) is 11.1 Å². The Morgan fingerprint density at radius 3 is 2.71 bits per heavy atom. The lowest BCUT2D eigenvalue weighted by Gasteiger charge is -2.37. The van der Waals surface area contributed by atoms with Crippen LogP contribution in [0.5, 0.6) is 0 Å². The molecule has 0 bridgehead atoms. The van der Waals surface area contributed by atoms with Crippen LogP contribution in [0.3, 0.4) is 0 Å². The first-order chi connectivity index (χ1) is 13.7. The smallest absolute Gasteiger partial charge is 0.411 e. The van der Waals surface area contributed by atoms with Gasteiger partial charge in [-0.15, -0.1) is 0 Å². The van der Waals surface area contributed by atoms with E-state index in [2.05, 4.69) is 12.1 Å². The summed E-state index contributed by atoms with van der Waals surface area (Å²) < 4.78 is 10.9. The van der Waals surface area contributed by atoms with Gasteiger partial charge < -0.3 is 14.1 Å². The van der Waals surface area contributed by atoms with Crippen molar-refractivity contribution in [2.45, 2.75) is 37.5 Å². The Morgan fingerprint density at radius 2 is 1.93 bits per heavy atom. The van der Waals surface area contributed by atoms with Crippen molar-refractivity contribution in [1.82, 2.24) is 9.80 Å². The summed E-state index contributed by atoms with van der Waals surface area (Å²) in [6.45, 7) is 1.27. The van der Waals surface area contributed by atoms with Gasteiger partial charge in [0, 0.05) is 31.6 Å². The molecule has 2 aromatic rings. The molecule has 1 aromatic carbocycles. The van der Waals surface area contributed by atoms with Crippen LogP contribution in [0.1, 0.15) is 35.8 Å². The number of amides is 2. The Balaban J connectivity index is 1.25. The molecule has 2 fully saturated rings. The van der Waals surface area contributed by atoms with E-state index < -0.39 is 0 Å². The fraction of sp³-hybridized carbons (Fsp3) is 0.364. The van der Waals surface area contributed by atoms with E-state index in [1.54, 1.807) is 24.5 Å². The van der Waals surface area contributed by atoms with Gasteiger partial charge in [-0.2, -0.15) is 0 Å². The first kappa shape index (κ1) is 17.1. The number of fused-ring (bicyclic) bond motifs is 3. The lowest BCUT2D eigenvalue weighted by Crippen LogP contribution is -2.47. The van der Waals surface area contributed by atoms with Gasteiger partial charge in [0.05, 0.1) is 12.3 Å². The van der Waals surface area contributed by atoms with Crippen molar-refractivity contribution in [3.63, 3.8) is 0 Å². The molecule has 0 saturated carbocycles. The van der Waals surface area contributed by atoms with E-state index in [-0.39, 0.29) is 30.2 Å². The number of piperidine rings is 1. The fourth-order valence-corrected chi connectivity index (χ4v) is 4.66. The fourth-order valence-electron chi connectivity index (χ4n) is 4.66. The second-order valence-electron chi connectivity index (χ2n) is 7.58. The molecule has 0 N–H and O–H groups in total. The Bertz CT molecular complexity index is 912. The molecule has 6 nitrogen and oxygen atoms in total. The van der Waals surface area contributed by atoms with Crippen molar-refractivity contribution < 1.29 is 18.7 Å². The first-order valence-electron chi connectivity index (χ1n) is 9.78. The van der Waals surface area contributed by atoms with Gasteiger partial charge in [0.2, 0.25) is 5.91 Å². The molecule has 3 heterocycles. The molecule has 5 rings (SSSR count). The van der Waals surface area contributed by atoms with E-state index in [1.807, 2.05) is 28.0 Å². The predicted octanol–water partition coefficient (Wildman–Crippen LogP) is 3.40. The van der Waals surface area contributed by atoms with Crippen LogP contribution in [-0.2, 0) is 16.0 Å². The average Bonchev–Trinajstić information content (AvgIpc) is 3.42. The summed E-state index contributed by atoms with van der Waals surface area (Å²) in [7, 11) is 0. The average molecular weight is 378 g/mol. The molecule has 0 unspecified atom stereocenters. The number of carbonyl (C=O) groups is 2. The van der Waals surface area contributed by atoms with Crippen molar-refractivity contribution in [1.29, 1.82) is 0 Å². The zero-order valence-corrected chi connectivity index (χ0v) is 15.5. The van der Waals surface area contributed by atoms with Crippen LogP contribution in [0, 0.1) is 0 Å². The minimum atomic E-state index is -0.216. The Hall–Kier alpha value is -3.02. The molecule has 1 aromatic heterocycles. The maximum atomic E-state index is 12.5. The van der Waals surface area contributed by atoms with Crippen molar-refractivity contribution in [3.05, 3.63) is 65.6 Å². The second kappa shape index (κ2) is 6.86.